The molecule has 7 heteroatoms. The number of aromatic carboxylic acids is 1. The van der Waals surface area contributed by atoms with Crippen LogP contribution >= 0.6 is 23.1 Å². The van der Waals surface area contributed by atoms with E-state index in [0.717, 1.165) is 54.7 Å². The predicted molar refractivity (Wildman–Crippen MR) is 146 cm³/mol. The number of aryl methyl sites for hydroxylation is 1. The van der Waals surface area contributed by atoms with Gasteiger partial charge in [0.25, 0.3) is 0 Å². The number of carboxylic acid groups (broad SMARTS) is 1. The van der Waals surface area contributed by atoms with E-state index in [-0.39, 0.29) is 27.9 Å². The number of carbonyl (C=O) groups is 2. The second-order valence-corrected chi connectivity index (χ2v) is 13.5. The molecule has 5 nitrogen and oxygen atoms in total. The molecule has 1 aromatic carbocycles. The van der Waals surface area contributed by atoms with Crippen molar-refractivity contribution in [3.05, 3.63) is 51.7 Å². The molecule has 2 heterocycles. The van der Waals surface area contributed by atoms with Gasteiger partial charge in [0.05, 0.1) is 16.7 Å². The zero-order valence-corrected chi connectivity index (χ0v) is 23.1. The van der Waals surface area contributed by atoms with Crippen LogP contribution in [0.4, 0.5) is 5.69 Å². The highest BCUT2D eigenvalue weighted by atomic mass is 32.2. The van der Waals surface area contributed by atoms with Crippen LogP contribution in [0.1, 0.15) is 92.9 Å². The number of benzene rings is 1. The number of carboxylic acids is 1. The molecule has 1 aliphatic heterocycles. The van der Waals surface area contributed by atoms with Gasteiger partial charge in [0.15, 0.2) is 0 Å². The van der Waals surface area contributed by atoms with Gasteiger partial charge in [-0.15, -0.1) is 23.1 Å². The van der Waals surface area contributed by atoms with Gasteiger partial charge >= 0.3 is 5.97 Å². The SMILES string of the molecule is CC(C)C1SC(CCCc2ccc(C(=O)O)s2)N(c2ccc(C(O)CCCC(C)(C)C)cc2)C1=O. The Morgan fingerprint density at radius 3 is 2.34 bits per heavy atom. The van der Waals surface area contributed by atoms with Crippen molar-refractivity contribution in [2.24, 2.45) is 11.3 Å². The zero-order valence-electron chi connectivity index (χ0n) is 21.5. The minimum atomic E-state index is -0.882. The minimum Gasteiger partial charge on any atom is -0.477 e. The largest absolute Gasteiger partial charge is 0.477 e. The van der Waals surface area contributed by atoms with Gasteiger partial charge in [-0.2, -0.15) is 0 Å². The summed E-state index contributed by atoms with van der Waals surface area (Å²) in [5.74, 6) is -0.482. The highest BCUT2D eigenvalue weighted by Crippen LogP contribution is 2.41. The highest BCUT2D eigenvalue weighted by molar-refractivity contribution is 8.01. The lowest BCUT2D eigenvalue weighted by atomic mass is 9.88. The molecule has 35 heavy (non-hydrogen) atoms. The van der Waals surface area contributed by atoms with E-state index in [1.807, 2.05) is 35.2 Å². The Labute approximate surface area is 217 Å². The summed E-state index contributed by atoms with van der Waals surface area (Å²) in [7, 11) is 0. The van der Waals surface area contributed by atoms with Crippen molar-refractivity contribution in [3.63, 3.8) is 0 Å². The molecule has 0 bridgehead atoms. The van der Waals surface area contributed by atoms with Crippen LogP contribution in [-0.2, 0) is 11.2 Å². The summed E-state index contributed by atoms with van der Waals surface area (Å²) in [5, 5.41) is 19.8. The van der Waals surface area contributed by atoms with E-state index in [9.17, 15) is 14.7 Å². The normalized spacial score (nSPS) is 19.5. The van der Waals surface area contributed by atoms with Crippen molar-refractivity contribution >= 4 is 40.7 Å². The molecule has 3 unspecified atom stereocenters. The Kier molecular flexibility index (Phi) is 9.47. The van der Waals surface area contributed by atoms with Crippen molar-refractivity contribution in [2.45, 2.75) is 89.9 Å². The fourth-order valence-corrected chi connectivity index (χ4v) is 6.85. The minimum absolute atomic E-state index is 0.0522. The van der Waals surface area contributed by atoms with Gasteiger partial charge in [-0.3, -0.25) is 9.69 Å². The van der Waals surface area contributed by atoms with Crippen molar-refractivity contribution in [1.29, 1.82) is 0 Å². The summed E-state index contributed by atoms with van der Waals surface area (Å²) >= 11 is 3.06. The number of anilines is 1. The monoisotopic (exact) mass is 517 g/mol. The van der Waals surface area contributed by atoms with E-state index in [0.29, 0.717) is 4.88 Å². The van der Waals surface area contributed by atoms with Gasteiger partial charge in [-0.05, 0) is 73.3 Å². The molecule has 1 amide bonds. The molecule has 1 aromatic heterocycles. The van der Waals surface area contributed by atoms with Crippen LogP contribution in [0, 0.1) is 11.3 Å². The van der Waals surface area contributed by atoms with E-state index in [4.69, 9.17) is 5.11 Å². The lowest BCUT2D eigenvalue weighted by Gasteiger charge is -2.25. The molecule has 1 saturated heterocycles. The van der Waals surface area contributed by atoms with Gasteiger partial charge in [-0.25, -0.2) is 4.79 Å². The van der Waals surface area contributed by atoms with Gasteiger partial charge in [0.1, 0.15) is 4.88 Å². The van der Waals surface area contributed by atoms with Crippen LogP contribution in [0.25, 0.3) is 0 Å². The van der Waals surface area contributed by atoms with E-state index >= 15 is 0 Å². The molecule has 3 atom stereocenters. The average Bonchev–Trinajstić information content (AvgIpc) is 3.38. The molecule has 0 radical (unpaired) electrons. The number of aliphatic hydroxyl groups excluding tert-OH is 1. The number of hydrogen-bond donors (Lipinski definition) is 2. The van der Waals surface area contributed by atoms with E-state index in [2.05, 4.69) is 34.6 Å². The predicted octanol–water partition coefficient (Wildman–Crippen LogP) is 7.15. The smallest absolute Gasteiger partial charge is 0.345 e. The Morgan fingerprint density at radius 1 is 1.09 bits per heavy atom. The number of amides is 1. The van der Waals surface area contributed by atoms with Crippen molar-refractivity contribution in [3.8, 4) is 0 Å². The fourth-order valence-electron chi connectivity index (χ4n) is 4.43. The van der Waals surface area contributed by atoms with Gasteiger partial charge in [0.2, 0.25) is 5.91 Å². The van der Waals surface area contributed by atoms with Gasteiger partial charge in [-0.1, -0.05) is 53.2 Å². The zero-order chi connectivity index (χ0) is 25.8. The summed E-state index contributed by atoms with van der Waals surface area (Å²) in [6, 6.07) is 11.4. The molecule has 1 fully saturated rings. The van der Waals surface area contributed by atoms with Crippen LogP contribution in [0.2, 0.25) is 0 Å². The molecule has 3 rings (SSSR count). The van der Waals surface area contributed by atoms with E-state index < -0.39 is 12.1 Å². The van der Waals surface area contributed by atoms with Crippen LogP contribution in [0.5, 0.6) is 0 Å². The molecule has 0 saturated carbocycles. The molecular formula is C28H39NO4S2. The Hall–Kier alpha value is -1.83. The first kappa shape index (κ1) is 27.8. The molecule has 192 valence electrons. The standard InChI is InChI=1S/C28H39NO4S2/c1-18(2)25-26(31)29(24(35-25)10-6-8-21-15-16-23(34-21)27(32)33)20-13-11-19(12-14-20)22(30)9-7-17-28(3,4)5/h11-16,18,22,24-25,30H,6-10,17H2,1-5H3,(H,32,33). The number of aliphatic hydroxyl groups is 1. The number of nitrogens with zero attached hydrogens (tertiary/aromatic N) is 1. The number of thiophene rings is 1. The Morgan fingerprint density at radius 2 is 1.77 bits per heavy atom. The topological polar surface area (TPSA) is 77.8 Å². The van der Waals surface area contributed by atoms with Crippen molar-refractivity contribution in [2.75, 3.05) is 4.90 Å². The second-order valence-electron chi connectivity index (χ2n) is 11.0. The first-order valence-corrected chi connectivity index (χ1v) is 14.3. The number of carbonyl (C=O) groups excluding carboxylic acids is 1. The van der Waals surface area contributed by atoms with E-state index in [1.165, 1.54) is 11.3 Å². The highest BCUT2D eigenvalue weighted by Gasteiger charge is 2.42. The third-order valence-corrected chi connectivity index (χ3v) is 9.32. The first-order chi connectivity index (χ1) is 16.5. The van der Waals surface area contributed by atoms with Crippen LogP contribution < -0.4 is 4.90 Å². The van der Waals surface area contributed by atoms with Crippen LogP contribution in [0.3, 0.4) is 0 Å². The maximum absolute atomic E-state index is 13.3. The third kappa shape index (κ3) is 7.58. The fraction of sp³-hybridized carbons (Fsp3) is 0.571. The van der Waals surface area contributed by atoms with Crippen molar-refractivity contribution in [1.82, 2.24) is 0 Å². The van der Waals surface area contributed by atoms with Gasteiger partial charge in [0, 0.05) is 10.6 Å². The summed E-state index contributed by atoms with van der Waals surface area (Å²) in [4.78, 5) is 27.8. The lowest BCUT2D eigenvalue weighted by molar-refractivity contribution is -0.118. The number of hydrogen-bond acceptors (Lipinski definition) is 5. The molecule has 2 aromatic rings. The quantitative estimate of drug-likeness (QED) is 0.331. The average molecular weight is 518 g/mol. The number of rotatable bonds is 11. The second kappa shape index (κ2) is 11.9. The lowest BCUT2D eigenvalue weighted by Crippen LogP contribution is -2.35. The number of thioether (sulfide) groups is 1. The summed E-state index contributed by atoms with van der Waals surface area (Å²) in [5.41, 5.74) is 2.04. The maximum atomic E-state index is 13.3. The molecule has 0 spiro atoms. The van der Waals surface area contributed by atoms with Crippen LogP contribution in [0.15, 0.2) is 36.4 Å². The molecular weight excluding hydrogens is 478 g/mol. The molecule has 1 aliphatic rings. The van der Waals surface area contributed by atoms with Crippen molar-refractivity contribution < 1.29 is 19.8 Å². The first-order valence-electron chi connectivity index (χ1n) is 12.5. The van der Waals surface area contributed by atoms with Crippen LogP contribution in [-0.4, -0.2) is 32.7 Å². The summed E-state index contributed by atoms with van der Waals surface area (Å²) < 4.78 is 0. The molecule has 2 N–H and O–H groups in total. The Balaban J connectivity index is 1.65. The van der Waals surface area contributed by atoms with E-state index in [1.54, 1.807) is 17.8 Å². The summed E-state index contributed by atoms with van der Waals surface area (Å²) in [6.07, 6.45) is 4.83. The van der Waals surface area contributed by atoms with Gasteiger partial charge < -0.3 is 10.2 Å². The Bertz CT molecular complexity index is 993. The third-order valence-electron chi connectivity index (χ3n) is 6.39. The summed E-state index contributed by atoms with van der Waals surface area (Å²) in [6.45, 7) is 10.8. The maximum Gasteiger partial charge on any atom is 0.345 e. The molecule has 0 aliphatic carbocycles.